The lowest BCUT2D eigenvalue weighted by molar-refractivity contribution is -0.157. The van der Waals surface area contributed by atoms with E-state index in [4.69, 9.17) is 9.47 Å². The lowest BCUT2D eigenvalue weighted by Gasteiger charge is -2.58. The zero-order valence-corrected chi connectivity index (χ0v) is 11.3. The third-order valence-electron chi connectivity index (χ3n) is 4.63. The molecule has 0 radical (unpaired) electrons. The van der Waals surface area contributed by atoms with Gasteiger partial charge in [0.25, 0.3) is 0 Å². The van der Waals surface area contributed by atoms with Crippen LogP contribution in [0.4, 0.5) is 0 Å². The third kappa shape index (κ3) is 2.67. The molecule has 3 nitrogen and oxygen atoms in total. The fourth-order valence-corrected chi connectivity index (χ4v) is 3.67. The molecule has 0 bridgehead atoms. The molecule has 0 amide bonds. The molecule has 2 fully saturated rings. The van der Waals surface area contributed by atoms with Gasteiger partial charge in [0.15, 0.2) is 0 Å². The molecule has 1 N–H and O–H groups in total. The molecule has 0 heterocycles. The summed E-state index contributed by atoms with van der Waals surface area (Å²) < 4.78 is 11.1. The molecule has 100 valence electrons. The fourth-order valence-electron chi connectivity index (χ4n) is 3.67. The minimum absolute atomic E-state index is 0.446. The Morgan fingerprint density at radius 3 is 2.59 bits per heavy atom. The van der Waals surface area contributed by atoms with E-state index in [0.29, 0.717) is 17.6 Å². The number of hydrogen-bond acceptors (Lipinski definition) is 3. The molecule has 2 aliphatic carbocycles. The molecule has 0 aromatic carbocycles. The van der Waals surface area contributed by atoms with Crippen LogP contribution in [-0.2, 0) is 9.47 Å². The van der Waals surface area contributed by atoms with Crippen LogP contribution in [0.3, 0.4) is 0 Å². The van der Waals surface area contributed by atoms with Crippen LogP contribution >= 0.6 is 0 Å². The molecule has 3 heteroatoms. The first-order chi connectivity index (χ1) is 8.33. The molecule has 0 aliphatic heterocycles. The van der Waals surface area contributed by atoms with E-state index in [9.17, 15) is 0 Å². The summed E-state index contributed by atoms with van der Waals surface area (Å²) in [4.78, 5) is 0. The SMILES string of the molecule is CCNC1CC(OCCOC)C12CCCCC2. The number of ether oxygens (including phenoxy) is 2. The molecule has 2 atom stereocenters. The Hall–Kier alpha value is -0.120. The van der Waals surface area contributed by atoms with E-state index >= 15 is 0 Å². The highest BCUT2D eigenvalue weighted by molar-refractivity contribution is 5.08. The Morgan fingerprint density at radius 2 is 1.94 bits per heavy atom. The molecular formula is C14H27NO2. The molecular weight excluding hydrogens is 214 g/mol. The van der Waals surface area contributed by atoms with Gasteiger partial charge in [-0.05, 0) is 25.8 Å². The van der Waals surface area contributed by atoms with Gasteiger partial charge in [0.05, 0.1) is 19.3 Å². The second-order valence-corrected chi connectivity index (χ2v) is 5.49. The molecule has 0 aromatic rings. The minimum Gasteiger partial charge on any atom is -0.382 e. The van der Waals surface area contributed by atoms with Crippen LogP contribution in [0, 0.1) is 5.41 Å². The fraction of sp³-hybridized carbons (Fsp3) is 1.00. The van der Waals surface area contributed by atoms with Crippen molar-refractivity contribution in [2.24, 2.45) is 5.41 Å². The van der Waals surface area contributed by atoms with Crippen LogP contribution in [0.2, 0.25) is 0 Å². The van der Waals surface area contributed by atoms with E-state index in [-0.39, 0.29) is 0 Å². The Labute approximate surface area is 105 Å². The second-order valence-electron chi connectivity index (χ2n) is 5.49. The van der Waals surface area contributed by atoms with Crippen molar-refractivity contribution in [2.45, 2.75) is 57.6 Å². The first-order valence-electron chi connectivity index (χ1n) is 7.17. The Balaban J connectivity index is 1.89. The highest BCUT2D eigenvalue weighted by atomic mass is 16.5. The molecule has 17 heavy (non-hydrogen) atoms. The van der Waals surface area contributed by atoms with Crippen LogP contribution in [0.1, 0.15) is 45.4 Å². The Morgan fingerprint density at radius 1 is 1.18 bits per heavy atom. The topological polar surface area (TPSA) is 30.5 Å². The van der Waals surface area contributed by atoms with Crippen LogP contribution in [-0.4, -0.2) is 39.0 Å². The smallest absolute Gasteiger partial charge is 0.0704 e. The van der Waals surface area contributed by atoms with E-state index in [1.165, 1.54) is 38.5 Å². The van der Waals surface area contributed by atoms with Gasteiger partial charge in [-0.15, -0.1) is 0 Å². The first kappa shape index (κ1) is 13.3. The van der Waals surface area contributed by atoms with E-state index in [2.05, 4.69) is 12.2 Å². The zero-order valence-electron chi connectivity index (χ0n) is 11.3. The van der Waals surface area contributed by atoms with Crippen molar-refractivity contribution in [3.63, 3.8) is 0 Å². The van der Waals surface area contributed by atoms with Gasteiger partial charge in [-0.1, -0.05) is 26.2 Å². The molecule has 2 unspecified atom stereocenters. The van der Waals surface area contributed by atoms with Crippen LogP contribution in [0.5, 0.6) is 0 Å². The first-order valence-corrected chi connectivity index (χ1v) is 7.17. The van der Waals surface area contributed by atoms with Crippen molar-refractivity contribution in [1.29, 1.82) is 0 Å². The normalized spacial score (nSPS) is 31.4. The summed E-state index contributed by atoms with van der Waals surface area (Å²) in [5.74, 6) is 0. The molecule has 0 aromatic heterocycles. The molecule has 2 rings (SSSR count). The Kier molecular flexibility index (Phi) is 4.83. The maximum absolute atomic E-state index is 6.02. The highest BCUT2D eigenvalue weighted by Gasteiger charge is 2.55. The summed E-state index contributed by atoms with van der Waals surface area (Å²) in [7, 11) is 1.74. The summed E-state index contributed by atoms with van der Waals surface area (Å²) in [5, 5.41) is 3.65. The molecule has 2 aliphatic rings. The molecule has 1 spiro atoms. The van der Waals surface area contributed by atoms with Crippen LogP contribution in [0.15, 0.2) is 0 Å². The van der Waals surface area contributed by atoms with Crippen LogP contribution < -0.4 is 5.32 Å². The second kappa shape index (κ2) is 6.17. The van der Waals surface area contributed by atoms with Gasteiger partial charge < -0.3 is 14.8 Å². The van der Waals surface area contributed by atoms with E-state index in [1.807, 2.05) is 0 Å². The standard InChI is InChI=1S/C14H27NO2/c1-3-15-12-11-13(17-10-9-16-2)14(12)7-5-4-6-8-14/h12-13,15H,3-11H2,1-2H3. The quantitative estimate of drug-likeness (QED) is 0.724. The predicted octanol–water partition coefficient (Wildman–Crippen LogP) is 2.35. The summed E-state index contributed by atoms with van der Waals surface area (Å²) >= 11 is 0. The zero-order chi connectivity index (χ0) is 12.1. The molecule has 2 saturated carbocycles. The van der Waals surface area contributed by atoms with Crippen molar-refractivity contribution in [1.82, 2.24) is 5.32 Å². The van der Waals surface area contributed by atoms with E-state index in [1.54, 1.807) is 7.11 Å². The van der Waals surface area contributed by atoms with Gasteiger partial charge in [0, 0.05) is 18.6 Å². The average molecular weight is 241 g/mol. The summed E-state index contributed by atoms with van der Waals surface area (Å²) in [5.41, 5.74) is 0.446. The largest absolute Gasteiger partial charge is 0.382 e. The van der Waals surface area contributed by atoms with Gasteiger partial charge in [-0.3, -0.25) is 0 Å². The predicted molar refractivity (Wildman–Crippen MR) is 69.2 cm³/mol. The minimum atomic E-state index is 0.446. The van der Waals surface area contributed by atoms with Crippen LogP contribution in [0.25, 0.3) is 0 Å². The summed E-state index contributed by atoms with van der Waals surface area (Å²) in [6.45, 7) is 4.76. The monoisotopic (exact) mass is 241 g/mol. The summed E-state index contributed by atoms with van der Waals surface area (Å²) in [6.07, 6.45) is 8.54. The number of methoxy groups -OCH3 is 1. The molecule has 0 saturated heterocycles. The highest BCUT2D eigenvalue weighted by Crippen LogP contribution is 2.53. The number of rotatable bonds is 6. The van der Waals surface area contributed by atoms with Gasteiger partial charge in [-0.25, -0.2) is 0 Å². The van der Waals surface area contributed by atoms with E-state index in [0.717, 1.165) is 19.8 Å². The number of hydrogen-bond donors (Lipinski definition) is 1. The lowest BCUT2D eigenvalue weighted by Crippen LogP contribution is -2.64. The van der Waals surface area contributed by atoms with Crippen molar-refractivity contribution in [3.8, 4) is 0 Å². The Bertz CT molecular complexity index is 224. The maximum atomic E-state index is 6.02. The van der Waals surface area contributed by atoms with Gasteiger partial charge in [0.2, 0.25) is 0 Å². The summed E-state index contributed by atoms with van der Waals surface area (Å²) in [6, 6.07) is 0.695. The van der Waals surface area contributed by atoms with Crippen molar-refractivity contribution in [3.05, 3.63) is 0 Å². The van der Waals surface area contributed by atoms with Crippen molar-refractivity contribution < 1.29 is 9.47 Å². The van der Waals surface area contributed by atoms with Crippen molar-refractivity contribution >= 4 is 0 Å². The van der Waals surface area contributed by atoms with Gasteiger partial charge in [-0.2, -0.15) is 0 Å². The number of nitrogens with one attached hydrogen (secondary N) is 1. The van der Waals surface area contributed by atoms with Crippen molar-refractivity contribution in [2.75, 3.05) is 26.9 Å². The van der Waals surface area contributed by atoms with E-state index < -0.39 is 0 Å². The lowest BCUT2D eigenvalue weighted by atomic mass is 9.55. The van der Waals surface area contributed by atoms with Gasteiger partial charge in [0.1, 0.15) is 0 Å². The maximum Gasteiger partial charge on any atom is 0.0704 e. The average Bonchev–Trinajstić information content (AvgIpc) is 2.38. The van der Waals surface area contributed by atoms with Gasteiger partial charge >= 0.3 is 0 Å². The third-order valence-corrected chi connectivity index (χ3v) is 4.63.